The number of aromatic amines is 2. The second-order valence-electron chi connectivity index (χ2n) is 15.3. The standard InChI is InChI=1S/C56H40N6/c1-5-13-45(14-6-1)61(46-15-7-2-8-16-46)49-29-21-39(22-30-49)55-51-33-25-41(57-51)37-43-27-35-53(59-43)56(54-36-28-44(60-54)38-42-26-34-52(55)58-42)40-23-31-50(32-24-40)62(47-17-9-3-10-18-47)48-19-11-4-12-20-48/h1-38,57,60H. The van der Waals surface area contributed by atoms with Gasteiger partial charge in [-0.25, -0.2) is 9.97 Å². The molecule has 3 aromatic heterocycles. The van der Waals surface area contributed by atoms with Gasteiger partial charge in [-0.05, 0) is 145 Å². The van der Waals surface area contributed by atoms with Gasteiger partial charge in [0.25, 0.3) is 0 Å². The summed E-state index contributed by atoms with van der Waals surface area (Å²) in [6.07, 6.45) is 8.40. The lowest BCUT2D eigenvalue weighted by molar-refractivity contribution is 1.28. The third-order valence-corrected chi connectivity index (χ3v) is 11.3. The van der Waals surface area contributed by atoms with Gasteiger partial charge in [0.1, 0.15) is 0 Å². The van der Waals surface area contributed by atoms with Crippen molar-refractivity contribution in [3.63, 3.8) is 0 Å². The van der Waals surface area contributed by atoms with Crippen LogP contribution in [0.1, 0.15) is 22.8 Å². The van der Waals surface area contributed by atoms with Crippen molar-refractivity contribution in [1.29, 1.82) is 0 Å². The van der Waals surface area contributed by atoms with Crippen LogP contribution in [0.25, 0.3) is 68.6 Å². The van der Waals surface area contributed by atoms with Crippen LogP contribution in [0.3, 0.4) is 0 Å². The van der Waals surface area contributed by atoms with Gasteiger partial charge in [-0.3, -0.25) is 0 Å². The summed E-state index contributed by atoms with van der Waals surface area (Å²) in [5, 5.41) is 0. The second-order valence-corrected chi connectivity index (χ2v) is 15.3. The number of hydrogen-bond donors (Lipinski definition) is 2. The molecule has 9 aromatic rings. The van der Waals surface area contributed by atoms with Crippen molar-refractivity contribution >= 4 is 80.5 Å². The van der Waals surface area contributed by atoms with Gasteiger partial charge in [0.15, 0.2) is 0 Å². The maximum Gasteiger partial charge on any atom is 0.0736 e. The first-order chi connectivity index (χ1) is 30.7. The highest BCUT2D eigenvalue weighted by molar-refractivity contribution is 5.94. The zero-order chi connectivity index (χ0) is 41.2. The number of nitrogens with zero attached hydrogens (tertiary/aromatic N) is 4. The molecule has 0 spiro atoms. The minimum Gasteiger partial charge on any atom is -0.355 e. The quantitative estimate of drug-likeness (QED) is 0.161. The molecular weight excluding hydrogens is 757 g/mol. The molecule has 2 N–H and O–H groups in total. The van der Waals surface area contributed by atoms with Gasteiger partial charge in [0, 0.05) is 67.3 Å². The number of fused-ring (bicyclic) bond motifs is 8. The van der Waals surface area contributed by atoms with Gasteiger partial charge in [-0.1, -0.05) is 97.1 Å². The Hall–Kier alpha value is -8.48. The molecule has 0 unspecified atom stereocenters. The van der Waals surface area contributed by atoms with E-state index in [4.69, 9.17) is 9.97 Å². The van der Waals surface area contributed by atoms with Crippen LogP contribution in [0, 0.1) is 0 Å². The topological polar surface area (TPSA) is 63.8 Å². The molecule has 6 aromatic carbocycles. The van der Waals surface area contributed by atoms with Crippen LogP contribution >= 0.6 is 0 Å². The molecule has 0 saturated carbocycles. The van der Waals surface area contributed by atoms with Gasteiger partial charge in [0.05, 0.1) is 22.8 Å². The molecule has 0 radical (unpaired) electrons. The van der Waals surface area contributed by atoms with E-state index in [2.05, 4.69) is 226 Å². The Bertz CT molecular complexity index is 2960. The predicted octanol–water partition coefficient (Wildman–Crippen LogP) is 14.9. The fourth-order valence-corrected chi connectivity index (χ4v) is 8.44. The fraction of sp³-hybridized carbons (Fsp3) is 0. The number of benzene rings is 6. The molecule has 2 aliphatic heterocycles. The van der Waals surface area contributed by atoms with Crippen molar-refractivity contribution in [2.75, 3.05) is 9.80 Å². The SMILES string of the molecule is C1=Cc2nc1cc1ccc([nH]1)c(-c1ccc(N(c3ccccc3)c3ccccc3)cc1)c1nc(cc3ccc([nH]3)c2-c2ccc(N(c3ccccc3)c3ccccc3)cc2)C=C1. The van der Waals surface area contributed by atoms with Crippen molar-refractivity contribution in [2.24, 2.45) is 0 Å². The van der Waals surface area contributed by atoms with Crippen molar-refractivity contribution in [1.82, 2.24) is 19.9 Å². The molecule has 0 fully saturated rings. The van der Waals surface area contributed by atoms with Crippen molar-refractivity contribution < 1.29 is 0 Å². The average Bonchev–Trinajstić information content (AvgIpc) is 4.17. The van der Waals surface area contributed by atoms with E-state index in [9.17, 15) is 0 Å². The predicted molar refractivity (Wildman–Crippen MR) is 259 cm³/mol. The zero-order valence-corrected chi connectivity index (χ0v) is 33.7. The normalized spacial score (nSPS) is 11.7. The summed E-state index contributed by atoms with van der Waals surface area (Å²) in [5.41, 5.74) is 18.1. The zero-order valence-electron chi connectivity index (χ0n) is 33.7. The smallest absolute Gasteiger partial charge is 0.0736 e. The first-order valence-electron chi connectivity index (χ1n) is 20.8. The summed E-state index contributed by atoms with van der Waals surface area (Å²) in [6, 6.07) is 72.2. The van der Waals surface area contributed by atoms with Crippen molar-refractivity contribution in [2.45, 2.75) is 0 Å². The highest BCUT2D eigenvalue weighted by Gasteiger charge is 2.17. The summed E-state index contributed by atoms with van der Waals surface area (Å²) >= 11 is 0. The Morgan fingerprint density at radius 1 is 0.306 bits per heavy atom. The summed E-state index contributed by atoms with van der Waals surface area (Å²) in [5.74, 6) is 0. The summed E-state index contributed by atoms with van der Waals surface area (Å²) in [4.78, 5) is 22.4. The Morgan fingerprint density at radius 3 is 0.968 bits per heavy atom. The maximum atomic E-state index is 5.21. The number of H-pyrrole nitrogens is 2. The average molecular weight is 797 g/mol. The molecule has 62 heavy (non-hydrogen) atoms. The minimum atomic E-state index is 0.869. The molecule has 2 aliphatic rings. The van der Waals surface area contributed by atoms with E-state index >= 15 is 0 Å². The maximum absolute atomic E-state index is 5.21. The van der Waals surface area contributed by atoms with Crippen LogP contribution in [0.2, 0.25) is 0 Å². The minimum absolute atomic E-state index is 0.869. The Balaban J connectivity index is 1.02. The first kappa shape index (κ1) is 36.6. The van der Waals surface area contributed by atoms with E-state index in [1.165, 1.54) is 0 Å². The monoisotopic (exact) mass is 796 g/mol. The summed E-state index contributed by atoms with van der Waals surface area (Å²) in [6.45, 7) is 0. The van der Waals surface area contributed by atoms with E-state index in [-0.39, 0.29) is 0 Å². The Kier molecular flexibility index (Phi) is 9.41. The van der Waals surface area contributed by atoms with Crippen LogP contribution < -0.4 is 9.80 Å². The van der Waals surface area contributed by atoms with Crippen molar-refractivity contribution in [3.05, 3.63) is 229 Å². The molecule has 0 atom stereocenters. The van der Waals surface area contributed by atoms with E-state index in [0.29, 0.717) is 0 Å². The summed E-state index contributed by atoms with van der Waals surface area (Å²) < 4.78 is 0. The van der Waals surface area contributed by atoms with Crippen LogP contribution in [0.4, 0.5) is 34.1 Å². The summed E-state index contributed by atoms with van der Waals surface area (Å²) in [7, 11) is 0. The highest BCUT2D eigenvalue weighted by atomic mass is 15.1. The van der Waals surface area contributed by atoms with Gasteiger partial charge >= 0.3 is 0 Å². The number of aromatic nitrogens is 4. The molecule has 6 heteroatoms. The molecule has 0 amide bonds. The molecule has 6 nitrogen and oxygen atoms in total. The molecule has 8 bridgehead atoms. The Morgan fingerprint density at radius 2 is 0.629 bits per heavy atom. The molecule has 0 saturated heterocycles. The van der Waals surface area contributed by atoms with E-state index in [0.717, 1.165) is 101 Å². The lowest BCUT2D eigenvalue weighted by Gasteiger charge is -2.25. The lowest BCUT2D eigenvalue weighted by Crippen LogP contribution is -2.09. The van der Waals surface area contributed by atoms with Crippen molar-refractivity contribution in [3.8, 4) is 22.3 Å². The molecule has 0 aliphatic carbocycles. The Labute approximate surface area is 360 Å². The third kappa shape index (κ3) is 7.16. The molecule has 5 heterocycles. The van der Waals surface area contributed by atoms with Crippen LogP contribution in [-0.2, 0) is 0 Å². The highest BCUT2D eigenvalue weighted by Crippen LogP contribution is 2.39. The van der Waals surface area contributed by atoms with E-state index in [1.54, 1.807) is 0 Å². The number of para-hydroxylation sites is 4. The van der Waals surface area contributed by atoms with E-state index in [1.807, 2.05) is 24.3 Å². The van der Waals surface area contributed by atoms with Crippen LogP contribution in [0.5, 0.6) is 0 Å². The number of nitrogens with one attached hydrogen (secondary N) is 2. The largest absolute Gasteiger partial charge is 0.355 e. The lowest BCUT2D eigenvalue weighted by atomic mass is 10.0. The second kappa shape index (κ2) is 15.9. The number of anilines is 6. The number of rotatable bonds is 8. The van der Waals surface area contributed by atoms with Gasteiger partial charge in [0.2, 0.25) is 0 Å². The van der Waals surface area contributed by atoms with E-state index < -0.39 is 0 Å². The molecule has 11 rings (SSSR count). The third-order valence-electron chi connectivity index (χ3n) is 11.3. The fourth-order valence-electron chi connectivity index (χ4n) is 8.44. The van der Waals surface area contributed by atoms with Gasteiger partial charge in [-0.15, -0.1) is 0 Å². The number of hydrogen-bond acceptors (Lipinski definition) is 4. The van der Waals surface area contributed by atoms with Gasteiger partial charge in [-0.2, -0.15) is 0 Å². The van der Waals surface area contributed by atoms with Gasteiger partial charge < -0.3 is 19.8 Å². The molecular formula is C56H40N6. The van der Waals surface area contributed by atoms with Crippen LogP contribution in [-0.4, -0.2) is 19.9 Å². The van der Waals surface area contributed by atoms with Crippen LogP contribution in [0.15, 0.2) is 206 Å². The first-order valence-corrected chi connectivity index (χ1v) is 20.8. The molecule has 294 valence electrons.